The van der Waals surface area contributed by atoms with Gasteiger partial charge in [0.05, 0.1) is 5.71 Å². The van der Waals surface area contributed by atoms with Gasteiger partial charge in [0.1, 0.15) is 0 Å². The Kier molecular flexibility index (Phi) is 5.72. The zero-order valence-electron chi connectivity index (χ0n) is 11.6. The van der Waals surface area contributed by atoms with Gasteiger partial charge >= 0.3 is 0 Å². The fraction of sp³-hybridized carbons (Fsp3) is 0.125. The van der Waals surface area contributed by atoms with Crippen LogP contribution >= 0.6 is 23.8 Å². The Morgan fingerprint density at radius 2 is 1.76 bits per heavy atom. The van der Waals surface area contributed by atoms with Crippen LogP contribution in [0.2, 0.25) is 5.02 Å². The summed E-state index contributed by atoms with van der Waals surface area (Å²) < 4.78 is 0. The maximum atomic E-state index is 6.12. The molecule has 0 aliphatic rings. The number of hydrazone groups is 1. The van der Waals surface area contributed by atoms with Crippen LogP contribution in [0.25, 0.3) is 0 Å². The Balaban J connectivity index is 1.88. The van der Waals surface area contributed by atoms with Crippen LogP contribution in [0.5, 0.6) is 0 Å². The van der Waals surface area contributed by atoms with Crippen molar-refractivity contribution in [3.8, 4) is 0 Å². The average molecular weight is 318 g/mol. The highest BCUT2D eigenvalue weighted by atomic mass is 35.5. The Hall–Kier alpha value is -1.91. The van der Waals surface area contributed by atoms with E-state index in [1.165, 1.54) is 0 Å². The highest BCUT2D eigenvalue weighted by Crippen LogP contribution is 2.15. The fourth-order valence-electron chi connectivity index (χ4n) is 1.77. The Labute approximate surface area is 135 Å². The maximum Gasteiger partial charge on any atom is 0.187 e. The van der Waals surface area contributed by atoms with E-state index in [0.29, 0.717) is 16.7 Å². The number of hydrogen-bond acceptors (Lipinski definition) is 2. The molecule has 0 aliphatic carbocycles. The second-order valence-corrected chi connectivity index (χ2v) is 5.27. The summed E-state index contributed by atoms with van der Waals surface area (Å²) >= 11 is 11.3. The second kappa shape index (κ2) is 7.76. The van der Waals surface area contributed by atoms with Crippen LogP contribution in [-0.2, 0) is 6.54 Å². The van der Waals surface area contributed by atoms with Crippen LogP contribution in [0, 0.1) is 0 Å². The van der Waals surface area contributed by atoms with E-state index in [0.717, 1.165) is 16.8 Å². The number of halogens is 1. The van der Waals surface area contributed by atoms with Crippen LogP contribution in [0.3, 0.4) is 0 Å². The summed E-state index contributed by atoms with van der Waals surface area (Å²) in [5, 5.41) is 8.49. The molecule has 0 spiro atoms. The summed E-state index contributed by atoms with van der Waals surface area (Å²) in [6.07, 6.45) is 0. The number of nitrogens with zero attached hydrogens (tertiary/aromatic N) is 1. The molecule has 0 amide bonds. The summed E-state index contributed by atoms with van der Waals surface area (Å²) in [6, 6.07) is 17.6. The Morgan fingerprint density at radius 1 is 1.10 bits per heavy atom. The SMILES string of the molecule is C/C(=N\NC(=S)NCc1ccccc1)c1ccccc1Cl. The van der Waals surface area contributed by atoms with Crippen molar-refractivity contribution in [1.82, 2.24) is 10.7 Å². The van der Waals surface area contributed by atoms with Crippen molar-refractivity contribution >= 4 is 34.6 Å². The van der Waals surface area contributed by atoms with Gasteiger partial charge in [0.25, 0.3) is 0 Å². The third-order valence-corrected chi connectivity index (χ3v) is 3.45. The van der Waals surface area contributed by atoms with Gasteiger partial charge in [-0.3, -0.25) is 5.43 Å². The van der Waals surface area contributed by atoms with Gasteiger partial charge in [-0.2, -0.15) is 5.10 Å². The number of benzene rings is 2. The van der Waals surface area contributed by atoms with Gasteiger partial charge in [-0.15, -0.1) is 0 Å². The lowest BCUT2D eigenvalue weighted by Gasteiger charge is -2.08. The maximum absolute atomic E-state index is 6.12. The third-order valence-electron chi connectivity index (χ3n) is 2.88. The van der Waals surface area contributed by atoms with Gasteiger partial charge < -0.3 is 5.32 Å². The van der Waals surface area contributed by atoms with Gasteiger partial charge in [-0.05, 0) is 30.8 Å². The molecule has 2 N–H and O–H groups in total. The van der Waals surface area contributed by atoms with Gasteiger partial charge in [-0.1, -0.05) is 60.1 Å². The minimum absolute atomic E-state index is 0.477. The van der Waals surface area contributed by atoms with Gasteiger partial charge in [0, 0.05) is 17.1 Å². The standard InChI is InChI=1S/C16H16ClN3S/c1-12(14-9-5-6-10-15(14)17)19-20-16(21)18-11-13-7-3-2-4-8-13/h2-10H,11H2,1H3,(H2,18,20,21)/b19-12+. The molecule has 0 atom stereocenters. The van der Waals surface area contributed by atoms with Crippen molar-refractivity contribution in [3.05, 3.63) is 70.7 Å². The van der Waals surface area contributed by atoms with Gasteiger partial charge in [-0.25, -0.2) is 0 Å². The van der Waals surface area contributed by atoms with Gasteiger partial charge in [0.15, 0.2) is 5.11 Å². The van der Waals surface area contributed by atoms with Crippen molar-refractivity contribution in [1.29, 1.82) is 0 Å². The largest absolute Gasteiger partial charge is 0.357 e. The first-order valence-electron chi connectivity index (χ1n) is 6.54. The van der Waals surface area contributed by atoms with Crippen molar-refractivity contribution in [2.75, 3.05) is 0 Å². The minimum atomic E-state index is 0.477. The molecule has 108 valence electrons. The lowest BCUT2D eigenvalue weighted by atomic mass is 10.1. The quantitative estimate of drug-likeness (QED) is 0.512. The van der Waals surface area contributed by atoms with E-state index < -0.39 is 0 Å². The number of thiocarbonyl (C=S) groups is 1. The van der Waals surface area contributed by atoms with E-state index in [9.17, 15) is 0 Å². The first kappa shape index (κ1) is 15.5. The van der Waals surface area contributed by atoms with E-state index in [-0.39, 0.29) is 0 Å². The van der Waals surface area contributed by atoms with Crippen LogP contribution in [0.4, 0.5) is 0 Å². The molecular weight excluding hydrogens is 302 g/mol. The van der Waals surface area contributed by atoms with Crippen molar-refractivity contribution < 1.29 is 0 Å². The normalized spacial score (nSPS) is 11.0. The van der Waals surface area contributed by atoms with E-state index in [1.54, 1.807) is 0 Å². The molecule has 0 aliphatic heterocycles. The van der Waals surface area contributed by atoms with E-state index in [2.05, 4.69) is 15.8 Å². The van der Waals surface area contributed by atoms with Crippen LogP contribution in [-0.4, -0.2) is 10.8 Å². The fourth-order valence-corrected chi connectivity index (χ4v) is 2.16. The molecule has 3 nitrogen and oxygen atoms in total. The highest BCUT2D eigenvalue weighted by molar-refractivity contribution is 7.80. The van der Waals surface area contributed by atoms with Crippen molar-refractivity contribution in [2.45, 2.75) is 13.5 Å². The number of rotatable bonds is 4. The van der Waals surface area contributed by atoms with Crippen molar-refractivity contribution in [2.24, 2.45) is 5.10 Å². The predicted molar refractivity (Wildman–Crippen MR) is 92.7 cm³/mol. The van der Waals surface area contributed by atoms with E-state index in [4.69, 9.17) is 23.8 Å². The monoisotopic (exact) mass is 317 g/mol. The zero-order valence-corrected chi connectivity index (χ0v) is 13.2. The topological polar surface area (TPSA) is 36.4 Å². The number of nitrogens with one attached hydrogen (secondary N) is 2. The minimum Gasteiger partial charge on any atom is -0.357 e. The molecule has 2 aromatic rings. The molecule has 0 unspecified atom stereocenters. The lowest BCUT2D eigenvalue weighted by molar-refractivity contribution is 0.866. The summed E-state index contributed by atoms with van der Waals surface area (Å²) in [5.41, 5.74) is 5.66. The highest BCUT2D eigenvalue weighted by Gasteiger charge is 2.02. The van der Waals surface area contributed by atoms with Crippen LogP contribution in [0.1, 0.15) is 18.1 Å². The number of hydrogen-bond donors (Lipinski definition) is 2. The van der Waals surface area contributed by atoms with Crippen molar-refractivity contribution in [3.63, 3.8) is 0 Å². The molecule has 0 saturated carbocycles. The molecule has 0 fully saturated rings. The lowest BCUT2D eigenvalue weighted by Crippen LogP contribution is -2.32. The summed E-state index contributed by atoms with van der Waals surface area (Å²) in [4.78, 5) is 0. The molecule has 21 heavy (non-hydrogen) atoms. The zero-order chi connectivity index (χ0) is 15.1. The molecular formula is C16H16ClN3S. The average Bonchev–Trinajstić information content (AvgIpc) is 2.52. The summed E-state index contributed by atoms with van der Waals surface area (Å²) in [6.45, 7) is 2.54. The molecule has 2 rings (SSSR count). The Morgan fingerprint density at radius 3 is 2.48 bits per heavy atom. The molecule has 0 radical (unpaired) electrons. The molecule has 0 bridgehead atoms. The first-order valence-corrected chi connectivity index (χ1v) is 7.32. The van der Waals surface area contributed by atoms with E-state index >= 15 is 0 Å². The molecule has 0 aromatic heterocycles. The molecule has 2 aromatic carbocycles. The van der Waals surface area contributed by atoms with E-state index in [1.807, 2.05) is 61.5 Å². The molecule has 0 heterocycles. The Bertz CT molecular complexity index is 641. The van der Waals surface area contributed by atoms with Gasteiger partial charge in [0.2, 0.25) is 0 Å². The summed E-state index contributed by atoms with van der Waals surface area (Å²) in [5.74, 6) is 0. The molecule has 5 heteroatoms. The second-order valence-electron chi connectivity index (χ2n) is 4.46. The smallest absolute Gasteiger partial charge is 0.187 e. The predicted octanol–water partition coefficient (Wildman–Crippen LogP) is 3.73. The van der Waals surface area contributed by atoms with Crippen LogP contribution < -0.4 is 10.7 Å². The third kappa shape index (κ3) is 4.85. The summed E-state index contributed by atoms with van der Waals surface area (Å²) in [7, 11) is 0. The molecule has 0 saturated heterocycles. The first-order chi connectivity index (χ1) is 10.2. The van der Waals surface area contributed by atoms with Crippen LogP contribution in [0.15, 0.2) is 59.7 Å².